The van der Waals surface area contributed by atoms with Crippen molar-refractivity contribution in [1.82, 2.24) is 14.8 Å². The predicted octanol–water partition coefficient (Wildman–Crippen LogP) is 5.23. The number of nitrogens with one attached hydrogen (secondary N) is 1. The molecule has 0 aliphatic carbocycles. The molecule has 3 aromatic carbocycles. The third-order valence-corrected chi connectivity index (χ3v) is 5.77. The maximum Gasteiger partial charge on any atom is 0.329 e. The monoisotopic (exact) mass is 439 g/mol. The number of carbonyl (C=O) groups is 2. The molecule has 1 aliphatic heterocycles. The van der Waals surface area contributed by atoms with Crippen LogP contribution in [0, 0.1) is 12.7 Å². The van der Waals surface area contributed by atoms with Crippen LogP contribution in [0.15, 0.2) is 84.7 Å². The van der Waals surface area contributed by atoms with Gasteiger partial charge in [0.05, 0.1) is 6.54 Å². The number of rotatable bonds is 5. The largest absolute Gasteiger partial charge is 0.342 e. The number of amides is 3. The normalized spacial score (nSPS) is 15.0. The summed E-state index contributed by atoms with van der Waals surface area (Å²) in [4.78, 5) is 26.8. The van der Waals surface area contributed by atoms with Gasteiger partial charge in [0.25, 0.3) is 5.91 Å². The van der Waals surface area contributed by atoms with Gasteiger partial charge in [-0.15, -0.1) is 0 Å². The molecule has 1 N–H and O–H groups in total. The van der Waals surface area contributed by atoms with Crippen molar-refractivity contribution in [2.75, 3.05) is 0 Å². The van der Waals surface area contributed by atoms with Crippen molar-refractivity contribution in [3.63, 3.8) is 0 Å². The molecule has 5 rings (SSSR count). The van der Waals surface area contributed by atoms with Crippen LogP contribution in [0.4, 0.5) is 9.18 Å². The standard InChI is InChI=1S/C27H22FN3O2/c1-18-5-4-6-20(13-18)16-31-26(32)24(29-27(31)33)14-21-17-30(25-8-3-2-7-23(21)25)15-19-9-11-22(28)12-10-19/h2-14,17H,15-16H2,1H3,(H,29,33)/b24-14+. The molecule has 1 aliphatic rings. The predicted molar refractivity (Wildman–Crippen MR) is 126 cm³/mol. The summed E-state index contributed by atoms with van der Waals surface area (Å²) in [6, 6.07) is 21.6. The molecule has 1 fully saturated rings. The number of carbonyl (C=O) groups excluding carboxylic acids is 2. The van der Waals surface area contributed by atoms with Crippen molar-refractivity contribution in [2.45, 2.75) is 20.0 Å². The number of nitrogens with zero attached hydrogens (tertiary/aromatic N) is 2. The van der Waals surface area contributed by atoms with E-state index in [1.54, 1.807) is 18.2 Å². The molecule has 0 radical (unpaired) electrons. The lowest BCUT2D eigenvalue weighted by Crippen LogP contribution is -2.30. The summed E-state index contributed by atoms with van der Waals surface area (Å²) in [7, 11) is 0. The second-order valence-electron chi connectivity index (χ2n) is 8.22. The smallest absolute Gasteiger partial charge is 0.329 e. The third-order valence-electron chi connectivity index (χ3n) is 5.77. The highest BCUT2D eigenvalue weighted by Crippen LogP contribution is 2.26. The fourth-order valence-electron chi connectivity index (χ4n) is 4.17. The quantitative estimate of drug-likeness (QED) is 0.342. The molecule has 2 heterocycles. The van der Waals surface area contributed by atoms with E-state index in [0.717, 1.165) is 33.2 Å². The maximum absolute atomic E-state index is 13.3. The van der Waals surface area contributed by atoms with Crippen LogP contribution in [0.3, 0.4) is 0 Å². The molecule has 1 saturated heterocycles. The van der Waals surface area contributed by atoms with Crippen LogP contribution in [0.25, 0.3) is 17.0 Å². The van der Waals surface area contributed by atoms with E-state index in [-0.39, 0.29) is 24.0 Å². The van der Waals surface area contributed by atoms with Gasteiger partial charge in [0, 0.05) is 29.2 Å². The molecule has 0 saturated carbocycles. The minimum absolute atomic E-state index is 0.218. The van der Waals surface area contributed by atoms with E-state index in [2.05, 4.69) is 9.88 Å². The van der Waals surface area contributed by atoms with Crippen molar-refractivity contribution >= 4 is 28.9 Å². The molecule has 6 heteroatoms. The molecule has 164 valence electrons. The third kappa shape index (κ3) is 4.15. The van der Waals surface area contributed by atoms with E-state index in [1.807, 2.05) is 61.7 Å². The van der Waals surface area contributed by atoms with Gasteiger partial charge in [0.15, 0.2) is 0 Å². The number of halogens is 1. The topological polar surface area (TPSA) is 54.3 Å². The molecule has 0 bridgehead atoms. The zero-order valence-corrected chi connectivity index (χ0v) is 18.1. The number of imide groups is 1. The van der Waals surface area contributed by atoms with E-state index in [4.69, 9.17) is 0 Å². The lowest BCUT2D eigenvalue weighted by Gasteiger charge is -2.12. The number of hydrogen-bond donors (Lipinski definition) is 1. The van der Waals surface area contributed by atoms with Gasteiger partial charge in [-0.1, -0.05) is 60.2 Å². The van der Waals surface area contributed by atoms with E-state index in [9.17, 15) is 14.0 Å². The lowest BCUT2D eigenvalue weighted by atomic mass is 10.1. The summed E-state index contributed by atoms with van der Waals surface area (Å²) >= 11 is 0. The van der Waals surface area contributed by atoms with Crippen LogP contribution in [0.1, 0.15) is 22.3 Å². The zero-order chi connectivity index (χ0) is 22.9. The summed E-state index contributed by atoms with van der Waals surface area (Å²) in [5.74, 6) is -0.621. The van der Waals surface area contributed by atoms with Crippen LogP contribution in [0.2, 0.25) is 0 Å². The Balaban J connectivity index is 1.45. The first-order valence-electron chi connectivity index (χ1n) is 10.7. The molecule has 0 atom stereocenters. The fraction of sp³-hybridized carbons (Fsp3) is 0.111. The molecule has 0 unspecified atom stereocenters. The highest BCUT2D eigenvalue weighted by atomic mass is 19.1. The number of para-hydroxylation sites is 1. The van der Waals surface area contributed by atoms with Gasteiger partial charge in [-0.25, -0.2) is 9.18 Å². The Kier molecular flexibility index (Phi) is 5.26. The van der Waals surface area contributed by atoms with Crippen molar-refractivity contribution in [1.29, 1.82) is 0 Å². The SMILES string of the molecule is Cc1cccc(CN2C(=O)N/C(=C/c3cn(Cc4ccc(F)cc4)c4ccccc34)C2=O)c1. The minimum atomic E-state index is -0.428. The number of aryl methyl sites for hydroxylation is 1. The number of aromatic nitrogens is 1. The highest BCUT2D eigenvalue weighted by molar-refractivity contribution is 6.14. The Labute approximate surface area is 190 Å². The summed E-state index contributed by atoms with van der Waals surface area (Å²) in [6.45, 7) is 2.75. The van der Waals surface area contributed by atoms with E-state index in [1.165, 1.54) is 17.0 Å². The van der Waals surface area contributed by atoms with Gasteiger partial charge in [0.1, 0.15) is 11.5 Å². The van der Waals surface area contributed by atoms with Crippen molar-refractivity contribution in [2.24, 2.45) is 0 Å². The van der Waals surface area contributed by atoms with Gasteiger partial charge >= 0.3 is 6.03 Å². The minimum Gasteiger partial charge on any atom is -0.342 e. The zero-order valence-electron chi connectivity index (χ0n) is 18.1. The van der Waals surface area contributed by atoms with Crippen LogP contribution < -0.4 is 5.32 Å². The van der Waals surface area contributed by atoms with E-state index < -0.39 is 6.03 Å². The Morgan fingerprint density at radius 1 is 0.909 bits per heavy atom. The summed E-state index contributed by atoms with van der Waals surface area (Å²) in [6.07, 6.45) is 3.67. The van der Waals surface area contributed by atoms with Crippen molar-refractivity contribution in [3.05, 3.63) is 113 Å². The number of benzene rings is 3. The average molecular weight is 439 g/mol. The molecule has 3 amide bonds. The van der Waals surface area contributed by atoms with Gasteiger partial charge in [0.2, 0.25) is 0 Å². The number of hydrogen-bond acceptors (Lipinski definition) is 2. The van der Waals surface area contributed by atoms with Gasteiger partial charge in [-0.3, -0.25) is 9.69 Å². The fourth-order valence-corrected chi connectivity index (χ4v) is 4.17. The van der Waals surface area contributed by atoms with Crippen LogP contribution in [0.5, 0.6) is 0 Å². The first kappa shape index (κ1) is 20.7. The molecule has 0 spiro atoms. The summed E-state index contributed by atoms with van der Waals surface area (Å²) < 4.78 is 15.3. The molecular formula is C27H22FN3O2. The Bertz CT molecular complexity index is 1400. The number of urea groups is 1. The van der Waals surface area contributed by atoms with Crippen molar-refractivity contribution < 1.29 is 14.0 Å². The highest BCUT2D eigenvalue weighted by Gasteiger charge is 2.33. The second kappa shape index (κ2) is 8.39. The molecule has 1 aromatic heterocycles. The van der Waals surface area contributed by atoms with Crippen LogP contribution in [-0.4, -0.2) is 21.4 Å². The molecule has 5 nitrogen and oxygen atoms in total. The van der Waals surface area contributed by atoms with E-state index >= 15 is 0 Å². The summed E-state index contributed by atoms with van der Waals surface area (Å²) in [5.41, 5.74) is 5.00. The van der Waals surface area contributed by atoms with Gasteiger partial charge in [-0.2, -0.15) is 0 Å². The molecule has 33 heavy (non-hydrogen) atoms. The lowest BCUT2D eigenvalue weighted by molar-refractivity contribution is -0.123. The molecule has 4 aromatic rings. The first-order valence-corrected chi connectivity index (χ1v) is 10.7. The Hall–Kier alpha value is -4.19. The van der Waals surface area contributed by atoms with Crippen LogP contribution >= 0.6 is 0 Å². The van der Waals surface area contributed by atoms with E-state index in [0.29, 0.717) is 6.54 Å². The Morgan fingerprint density at radius 2 is 1.70 bits per heavy atom. The molecular weight excluding hydrogens is 417 g/mol. The second-order valence-corrected chi connectivity index (χ2v) is 8.22. The Morgan fingerprint density at radius 3 is 2.48 bits per heavy atom. The van der Waals surface area contributed by atoms with Gasteiger partial charge in [-0.05, 0) is 42.3 Å². The van der Waals surface area contributed by atoms with Crippen molar-refractivity contribution in [3.8, 4) is 0 Å². The van der Waals surface area contributed by atoms with Crippen LogP contribution in [-0.2, 0) is 17.9 Å². The first-order chi connectivity index (χ1) is 16.0. The maximum atomic E-state index is 13.3. The number of fused-ring (bicyclic) bond motifs is 1. The average Bonchev–Trinajstić information content (AvgIpc) is 3.28. The van der Waals surface area contributed by atoms with Gasteiger partial charge < -0.3 is 9.88 Å². The summed E-state index contributed by atoms with van der Waals surface area (Å²) in [5, 5.41) is 3.68.